The second kappa shape index (κ2) is 14.8. The third kappa shape index (κ3) is 6.98. The quantitative estimate of drug-likeness (QED) is 0.177. The van der Waals surface area contributed by atoms with Crippen molar-refractivity contribution < 1.29 is 37.9 Å². The zero-order valence-electron chi connectivity index (χ0n) is 24.5. The summed E-state index contributed by atoms with van der Waals surface area (Å²) in [5, 5.41) is 15.9. The minimum Gasteiger partial charge on any atom is -0.399 e. The molecule has 1 atom stereocenters. The average molecular weight is 609 g/mol. The summed E-state index contributed by atoms with van der Waals surface area (Å²) in [6, 6.07) is 11.7. The topological polar surface area (TPSA) is 139 Å². The van der Waals surface area contributed by atoms with Crippen LogP contribution in [0.25, 0.3) is 0 Å². The number of benzene rings is 2. The van der Waals surface area contributed by atoms with E-state index in [2.05, 4.69) is 20.6 Å². The van der Waals surface area contributed by atoms with Crippen LogP contribution in [0, 0.1) is 5.82 Å². The van der Waals surface area contributed by atoms with Gasteiger partial charge in [0.25, 0.3) is 5.91 Å². The van der Waals surface area contributed by atoms with E-state index in [4.69, 9.17) is 23.9 Å². The highest BCUT2D eigenvalue weighted by molar-refractivity contribution is 6.54. The number of fused-ring (bicyclic) bond motifs is 2. The molecule has 2 heterocycles. The number of rotatable bonds is 16. The van der Waals surface area contributed by atoms with Crippen molar-refractivity contribution in [3.05, 3.63) is 76.9 Å². The first-order valence-corrected chi connectivity index (χ1v) is 14.1. The van der Waals surface area contributed by atoms with Gasteiger partial charge >= 0.3 is 0 Å². The molecule has 0 spiro atoms. The normalized spacial score (nSPS) is 17.5. The number of carbonyl (C=O) groups excluding carboxylic acids is 2. The lowest BCUT2D eigenvalue weighted by molar-refractivity contribution is -0.114. The van der Waals surface area contributed by atoms with Gasteiger partial charge in [0.15, 0.2) is 17.2 Å². The molecule has 2 aliphatic rings. The number of nitrogens with zero attached hydrogens (tertiary/aromatic N) is 6. The number of ether oxygens (including phenoxy) is 3. The van der Waals surface area contributed by atoms with Gasteiger partial charge < -0.3 is 28.8 Å². The highest BCUT2D eigenvalue weighted by atomic mass is 19.1. The Morgan fingerprint density at radius 3 is 2.34 bits per heavy atom. The Morgan fingerprint density at radius 1 is 0.864 bits per heavy atom. The Bertz CT molecular complexity index is 1540. The zero-order chi connectivity index (χ0) is 30.9. The Hall–Kier alpha value is -4.53. The minimum atomic E-state index is -0.472. The molecular weight excluding hydrogens is 575 g/mol. The highest BCUT2D eigenvalue weighted by Gasteiger charge is 2.37. The molecular formula is C30H33FN6O7. The molecule has 1 aliphatic heterocycles. The zero-order valence-corrected chi connectivity index (χ0v) is 24.5. The molecule has 44 heavy (non-hydrogen) atoms. The molecule has 1 aliphatic carbocycles. The van der Waals surface area contributed by atoms with Crippen LogP contribution in [0.15, 0.2) is 59.0 Å². The number of carbonyl (C=O) groups is 2. The van der Waals surface area contributed by atoms with E-state index >= 15 is 0 Å². The Labute approximate surface area is 253 Å². The molecule has 13 nitrogen and oxygen atoms in total. The summed E-state index contributed by atoms with van der Waals surface area (Å²) in [6.07, 6.45) is 2.28. The first-order chi connectivity index (χ1) is 21.5. The maximum absolute atomic E-state index is 13.8. The Balaban J connectivity index is 0.950. The van der Waals surface area contributed by atoms with Gasteiger partial charge in [-0.15, -0.1) is 5.10 Å². The Morgan fingerprint density at radius 2 is 1.57 bits per heavy atom. The number of aromatic nitrogens is 3. The average Bonchev–Trinajstić information content (AvgIpc) is 3.66. The molecule has 14 heteroatoms. The van der Waals surface area contributed by atoms with Crippen molar-refractivity contribution in [3.63, 3.8) is 0 Å². The maximum atomic E-state index is 13.8. The summed E-state index contributed by atoms with van der Waals surface area (Å²) >= 11 is 0. The van der Waals surface area contributed by atoms with Crippen LogP contribution in [-0.2, 0) is 46.6 Å². The fourth-order valence-electron chi connectivity index (χ4n) is 5.13. The smallest absolute Gasteiger partial charge is 0.281 e. The summed E-state index contributed by atoms with van der Waals surface area (Å²) < 4.78 is 32.3. The summed E-state index contributed by atoms with van der Waals surface area (Å²) in [7, 11) is 2.76. The van der Waals surface area contributed by atoms with Crippen LogP contribution in [0.4, 0.5) is 10.1 Å². The molecule has 0 saturated carbocycles. The van der Waals surface area contributed by atoms with Gasteiger partial charge in [0, 0.05) is 17.7 Å². The molecule has 0 fully saturated rings. The van der Waals surface area contributed by atoms with Crippen LogP contribution in [0.1, 0.15) is 34.7 Å². The lowest BCUT2D eigenvalue weighted by Crippen LogP contribution is -2.29. The van der Waals surface area contributed by atoms with E-state index in [9.17, 15) is 14.0 Å². The standard InChI is InChI=1S/C30H33FN6O7/c1-40-33-27-23-6-4-3-5-22(23)24(29(27)38)9-11-42-13-15-44-16-14-43-12-10-36-18-21(32-35-36)19-37-26-8-7-20(31)17-25(26)28(30(37)39)34-41-2/h3-8,17-18,24H,9-16,19H2,1-2H3/b33-27+,34-28+. The molecule has 5 rings (SSSR count). The van der Waals surface area contributed by atoms with Gasteiger partial charge in [0.05, 0.1) is 63.9 Å². The maximum Gasteiger partial charge on any atom is 0.281 e. The van der Waals surface area contributed by atoms with Crippen molar-refractivity contribution in [1.82, 2.24) is 15.0 Å². The van der Waals surface area contributed by atoms with Gasteiger partial charge in [-0.3, -0.25) is 9.59 Å². The molecule has 0 saturated heterocycles. The van der Waals surface area contributed by atoms with Crippen LogP contribution in [-0.4, -0.2) is 92.0 Å². The number of halogens is 1. The van der Waals surface area contributed by atoms with Gasteiger partial charge in [0.1, 0.15) is 25.7 Å². The first-order valence-electron chi connectivity index (χ1n) is 14.1. The van der Waals surface area contributed by atoms with E-state index in [1.54, 1.807) is 10.9 Å². The van der Waals surface area contributed by atoms with E-state index in [1.807, 2.05) is 24.3 Å². The van der Waals surface area contributed by atoms with E-state index in [0.29, 0.717) is 75.3 Å². The minimum absolute atomic E-state index is 0.0375. The van der Waals surface area contributed by atoms with Gasteiger partial charge in [-0.05, 0) is 30.2 Å². The molecule has 0 radical (unpaired) electrons. The second-order valence-corrected chi connectivity index (χ2v) is 9.90. The Kier molecular flexibility index (Phi) is 10.4. The van der Waals surface area contributed by atoms with Crippen molar-refractivity contribution in [1.29, 1.82) is 0 Å². The number of ketones is 1. The van der Waals surface area contributed by atoms with Crippen molar-refractivity contribution in [3.8, 4) is 0 Å². The predicted molar refractivity (Wildman–Crippen MR) is 156 cm³/mol. The van der Waals surface area contributed by atoms with Crippen molar-refractivity contribution in [2.45, 2.75) is 25.4 Å². The van der Waals surface area contributed by atoms with Crippen molar-refractivity contribution in [2.24, 2.45) is 10.3 Å². The molecule has 2 aromatic carbocycles. The molecule has 3 aromatic rings. The summed E-state index contributed by atoms with van der Waals surface area (Å²) in [4.78, 5) is 36.7. The monoisotopic (exact) mass is 608 g/mol. The molecule has 1 amide bonds. The molecule has 1 aromatic heterocycles. The van der Waals surface area contributed by atoms with Gasteiger partial charge in [-0.25, -0.2) is 9.07 Å². The van der Waals surface area contributed by atoms with Crippen molar-refractivity contribution >= 4 is 28.8 Å². The van der Waals surface area contributed by atoms with Gasteiger partial charge in [-0.2, -0.15) is 0 Å². The van der Waals surface area contributed by atoms with Gasteiger partial charge in [0.2, 0.25) is 0 Å². The highest BCUT2D eigenvalue weighted by Crippen LogP contribution is 2.33. The predicted octanol–water partition coefficient (Wildman–Crippen LogP) is 2.47. The molecule has 232 valence electrons. The van der Waals surface area contributed by atoms with E-state index in [1.165, 1.54) is 37.3 Å². The van der Waals surface area contributed by atoms with E-state index in [0.717, 1.165) is 11.1 Å². The van der Waals surface area contributed by atoms with Crippen molar-refractivity contribution in [2.75, 3.05) is 58.8 Å². The number of amides is 1. The van der Waals surface area contributed by atoms with E-state index in [-0.39, 0.29) is 24.0 Å². The molecule has 0 bridgehead atoms. The fourth-order valence-corrected chi connectivity index (χ4v) is 5.13. The van der Waals surface area contributed by atoms with Crippen LogP contribution < -0.4 is 4.90 Å². The molecule has 0 N–H and O–H groups in total. The number of Topliss-reactive ketones (excluding diaryl/α,β-unsaturated/α-hetero) is 1. The van der Waals surface area contributed by atoms with Crippen LogP contribution in [0.3, 0.4) is 0 Å². The third-order valence-corrected chi connectivity index (χ3v) is 7.12. The number of oxime groups is 2. The number of hydrogen-bond donors (Lipinski definition) is 0. The lowest BCUT2D eigenvalue weighted by atomic mass is 9.98. The van der Waals surface area contributed by atoms with E-state index < -0.39 is 11.7 Å². The lowest BCUT2D eigenvalue weighted by Gasteiger charge is -2.14. The first kappa shape index (κ1) is 30.9. The van der Waals surface area contributed by atoms with Crippen LogP contribution >= 0.6 is 0 Å². The van der Waals surface area contributed by atoms with Gasteiger partial charge in [-0.1, -0.05) is 39.8 Å². The molecule has 1 unspecified atom stereocenters. The summed E-state index contributed by atoms with van der Waals surface area (Å²) in [6.45, 7) is 3.02. The SMILES string of the molecule is CO/N=C1/C(=O)C(CCOCCOCCOCCn2cc(CN3C(=O)/C(=N/OC)c4cc(F)ccc43)nn2)c2ccccc21. The summed E-state index contributed by atoms with van der Waals surface area (Å²) in [5.74, 6) is -1.22. The largest absolute Gasteiger partial charge is 0.399 e. The van der Waals surface area contributed by atoms with Crippen LogP contribution in [0.5, 0.6) is 0 Å². The summed E-state index contributed by atoms with van der Waals surface area (Å²) in [5.41, 5.74) is 3.60. The second-order valence-electron chi connectivity index (χ2n) is 9.90. The number of anilines is 1. The number of hydrogen-bond acceptors (Lipinski definition) is 11. The fraction of sp³-hybridized carbons (Fsp3) is 0.400. The third-order valence-electron chi connectivity index (χ3n) is 7.12. The van der Waals surface area contributed by atoms with Crippen LogP contribution in [0.2, 0.25) is 0 Å².